The van der Waals surface area contributed by atoms with E-state index in [0.29, 0.717) is 11.4 Å². The summed E-state index contributed by atoms with van der Waals surface area (Å²) in [7, 11) is 0. The van der Waals surface area contributed by atoms with Crippen LogP contribution >= 0.6 is 27.3 Å². The van der Waals surface area contributed by atoms with E-state index in [1.54, 1.807) is 12.3 Å². The van der Waals surface area contributed by atoms with Gasteiger partial charge in [0.25, 0.3) is 5.89 Å². The van der Waals surface area contributed by atoms with Gasteiger partial charge in [-0.15, -0.1) is 11.3 Å². The fourth-order valence-electron chi connectivity index (χ4n) is 1.43. The molecule has 0 fully saturated rings. The van der Waals surface area contributed by atoms with Crippen molar-refractivity contribution in [2.45, 2.75) is 0 Å². The molecule has 0 spiro atoms. The van der Waals surface area contributed by atoms with Crippen LogP contribution in [0.4, 0.5) is 0 Å². The van der Waals surface area contributed by atoms with Gasteiger partial charge in [-0.1, -0.05) is 5.16 Å². The Hall–Kier alpha value is -1.73. The highest BCUT2D eigenvalue weighted by Gasteiger charge is 2.14. The SMILES string of the molecule is Oc1cnccc1-c1nc(-c2ccc(Br)s2)no1. The highest BCUT2D eigenvalue weighted by atomic mass is 79.9. The average molecular weight is 324 g/mol. The molecule has 0 saturated carbocycles. The Balaban J connectivity index is 2.02. The summed E-state index contributed by atoms with van der Waals surface area (Å²) in [4.78, 5) is 8.94. The van der Waals surface area contributed by atoms with Gasteiger partial charge >= 0.3 is 0 Å². The van der Waals surface area contributed by atoms with E-state index < -0.39 is 0 Å². The number of hydrogen-bond donors (Lipinski definition) is 1. The Labute approximate surface area is 114 Å². The highest BCUT2D eigenvalue weighted by molar-refractivity contribution is 9.11. The Morgan fingerprint density at radius 3 is 2.89 bits per heavy atom. The van der Waals surface area contributed by atoms with E-state index >= 15 is 0 Å². The van der Waals surface area contributed by atoms with Crippen LogP contribution in [0.25, 0.3) is 22.2 Å². The lowest BCUT2D eigenvalue weighted by molar-refractivity contribution is 0.425. The molecule has 0 radical (unpaired) electrons. The van der Waals surface area contributed by atoms with Crippen LogP contribution in [0.15, 0.2) is 38.9 Å². The number of pyridine rings is 1. The number of aromatic nitrogens is 3. The van der Waals surface area contributed by atoms with Crippen molar-refractivity contribution in [3.63, 3.8) is 0 Å². The number of nitrogens with zero attached hydrogens (tertiary/aromatic N) is 3. The minimum absolute atomic E-state index is 0.0139. The van der Waals surface area contributed by atoms with Crippen LogP contribution in [0.1, 0.15) is 0 Å². The molecule has 0 aliphatic heterocycles. The largest absolute Gasteiger partial charge is 0.505 e. The second kappa shape index (κ2) is 4.51. The van der Waals surface area contributed by atoms with E-state index in [1.807, 2.05) is 12.1 Å². The molecule has 5 nitrogen and oxygen atoms in total. The third-order valence-corrected chi connectivity index (χ3v) is 3.87. The molecule has 0 aromatic carbocycles. The van der Waals surface area contributed by atoms with Gasteiger partial charge in [-0.3, -0.25) is 4.98 Å². The molecule has 3 heterocycles. The van der Waals surface area contributed by atoms with E-state index in [-0.39, 0.29) is 11.6 Å². The molecule has 0 atom stereocenters. The van der Waals surface area contributed by atoms with Crippen LogP contribution in [-0.2, 0) is 0 Å². The van der Waals surface area contributed by atoms with Crippen molar-refractivity contribution < 1.29 is 9.63 Å². The Morgan fingerprint density at radius 2 is 2.17 bits per heavy atom. The van der Waals surface area contributed by atoms with Gasteiger partial charge in [-0.25, -0.2) is 0 Å². The monoisotopic (exact) mass is 323 g/mol. The van der Waals surface area contributed by atoms with Gasteiger partial charge in [-0.2, -0.15) is 4.98 Å². The zero-order valence-electron chi connectivity index (χ0n) is 8.87. The number of hydrogen-bond acceptors (Lipinski definition) is 6. The Morgan fingerprint density at radius 1 is 1.28 bits per heavy atom. The van der Waals surface area contributed by atoms with E-state index in [4.69, 9.17) is 4.52 Å². The molecule has 0 saturated heterocycles. The van der Waals surface area contributed by atoms with Crippen LogP contribution in [0.2, 0.25) is 0 Å². The molecule has 18 heavy (non-hydrogen) atoms. The fraction of sp³-hybridized carbons (Fsp3) is 0. The molecular formula is C11H6BrN3O2S. The topological polar surface area (TPSA) is 72.0 Å². The fourth-order valence-corrected chi connectivity index (χ4v) is 2.75. The molecule has 0 amide bonds. The van der Waals surface area contributed by atoms with Crippen molar-refractivity contribution >= 4 is 27.3 Å². The van der Waals surface area contributed by atoms with Crippen LogP contribution in [0.3, 0.4) is 0 Å². The summed E-state index contributed by atoms with van der Waals surface area (Å²) in [5.41, 5.74) is 0.472. The molecule has 0 unspecified atom stereocenters. The van der Waals surface area contributed by atoms with E-state index in [0.717, 1.165) is 8.66 Å². The van der Waals surface area contributed by atoms with Gasteiger partial charge < -0.3 is 9.63 Å². The molecule has 0 bridgehead atoms. The van der Waals surface area contributed by atoms with Crippen LogP contribution in [-0.4, -0.2) is 20.2 Å². The minimum Gasteiger partial charge on any atom is -0.505 e. The molecule has 3 rings (SSSR count). The average Bonchev–Trinajstić information content (AvgIpc) is 2.98. The molecule has 1 N–H and O–H groups in total. The first-order chi connectivity index (χ1) is 8.74. The zero-order chi connectivity index (χ0) is 12.5. The van der Waals surface area contributed by atoms with Gasteiger partial charge in [0.2, 0.25) is 5.82 Å². The van der Waals surface area contributed by atoms with Crippen molar-refractivity contribution in [3.8, 4) is 27.9 Å². The maximum Gasteiger partial charge on any atom is 0.262 e. The van der Waals surface area contributed by atoms with Crippen molar-refractivity contribution in [1.29, 1.82) is 0 Å². The van der Waals surface area contributed by atoms with E-state index in [1.165, 1.54) is 17.5 Å². The van der Waals surface area contributed by atoms with Gasteiger partial charge in [0.1, 0.15) is 5.75 Å². The quantitative estimate of drug-likeness (QED) is 0.783. The van der Waals surface area contributed by atoms with Gasteiger partial charge in [-0.05, 0) is 34.1 Å². The van der Waals surface area contributed by atoms with Crippen molar-refractivity contribution in [3.05, 3.63) is 34.4 Å². The number of thiophene rings is 1. The first-order valence-corrected chi connectivity index (χ1v) is 6.58. The van der Waals surface area contributed by atoms with Crippen LogP contribution in [0.5, 0.6) is 5.75 Å². The van der Waals surface area contributed by atoms with Crippen molar-refractivity contribution in [1.82, 2.24) is 15.1 Å². The molecule has 0 aliphatic rings. The maximum absolute atomic E-state index is 9.65. The van der Waals surface area contributed by atoms with Crippen LogP contribution in [0, 0.1) is 0 Å². The summed E-state index contributed by atoms with van der Waals surface area (Å²) in [6, 6.07) is 5.44. The lowest BCUT2D eigenvalue weighted by Gasteiger charge is -1.95. The third kappa shape index (κ3) is 2.02. The lowest BCUT2D eigenvalue weighted by atomic mass is 10.2. The molecule has 3 aromatic heterocycles. The zero-order valence-corrected chi connectivity index (χ0v) is 11.3. The van der Waals surface area contributed by atoms with E-state index in [9.17, 15) is 5.11 Å². The molecule has 7 heteroatoms. The molecule has 0 aliphatic carbocycles. The lowest BCUT2D eigenvalue weighted by Crippen LogP contribution is -1.80. The van der Waals surface area contributed by atoms with Crippen LogP contribution < -0.4 is 0 Å². The minimum atomic E-state index is 0.0139. The smallest absolute Gasteiger partial charge is 0.262 e. The predicted molar refractivity (Wildman–Crippen MR) is 70.2 cm³/mol. The second-order valence-electron chi connectivity index (χ2n) is 3.42. The molecule has 3 aromatic rings. The standard InChI is InChI=1S/C11H6BrN3O2S/c12-9-2-1-8(18-9)10-14-11(17-15-10)6-3-4-13-5-7(6)16/h1-5,16H. The normalized spacial score (nSPS) is 10.7. The highest BCUT2D eigenvalue weighted by Crippen LogP contribution is 2.32. The summed E-state index contributed by atoms with van der Waals surface area (Å²) >= 11 is 4.89. The predicted octanol–water partition coefficient (Wildman–Crippen LogP) is 3.33. The van der Waals surface area contributed by atoms with E-state index in [2.05, 4.69) is 31.1 Å². The van der Waals surface area contributed by atoms with Crippen molar-refractivity contribution in [2.75, 3.05) is 0 Å². The molecular weight excluding hydrogens is 318 g/mol. The summed E-state index contributed by atoms with van der Waals surface area (Å²) in [6.07, 6.45) is 2.89. The number of rotatable bonds is 2. The third-order valence-electron chi connectivity index (χ3n) is 2.25. The summed E-state index contributed by atoms with van der Waals surface area (Å²) in [5.74, 6) is 0.784. The van der Waals surface area contributed by atoms with Gasteiger partial charge in [0, 0.05) is 6.20 Å². The summed E-state index contributed by atoms with van der Waals surface area (Å²) < 4.78 is 6.13. The first kappa shape index (κ1) is 11.4. The maximum atomic E-state index is 9.65. The Kier molecular flexibility index (Phi) is 2.85. The van der Waals surface area contributed by atoms with Crippen molar-refractivity contribution in [2.24, 2.45) is 0 Å². The molecule has 90 valence electrons. The summed E-state index contributed by atoms with van der Waals surface area (Å²) in [5, 5.41) is 13.5. The van der Waals surface area contributed by atoms with Gasteiger partial charge in [0.15, 0.2) is 0 Å². The summed E-state index contributed by atoms with van der Waals surface area (Å²) in [6.45, 7) is 0. The number of aromatic hydroxyl groups is 1. The van der Waals surface area contributed by atoms with Gasteiger partial charge in [0.05, 0.1) is 20.4 Å². The number of halogens is 1. The first-order valence-electron chi connectivity index (χ1n) is 4.97. The second-order valence-corrected chi connectivity index (χ2v) is 5.88. The Bertz CT molecular complexity index is 695.